The molecule has 0 aliphatic heterocycles. The van der Waals surface area contributed by atoms with Crippen LogP contribution in [0.5, 0.6) is 5.75 Å². The molecule has 0 aliphatic carbocycles. The van der Waals surface area contributed by atoms with E-state index in [1.54, 1.807) is 0 Å². The lowest BCUT2D eigenvalue weighted by molar-refractivity contribution is 0.218. The lowest BCUT2D eigenvalue weighted by Crippen LogP contribution is -2.10. The zero-order chi connectivity index (χ0) is 11.4. The highest BCUT2D eigenvalue weighted by Crippen LogP contribution is 2.28. The smallest absolute Gasteiger partial charge is 0.174 e. The summed E-state index contributed by atoms with van der Waals surface area (Å²) in [6, 6.07) is 7.92. The molecule has 1 aromatic heterocycles. The van der Waals surface area contributed by atoms with Gasteiger partial charge in [0.25, 0.3) is 0 Å². The Labute approximate surface area is 95.5 Å². The molecule has 0 saturated carbocycles. The van der Waals surface area contributed by atoms with Crippen LogP contribution in [0.25, 0.3) is 11.3 Å². The van der Waals surface area contributed by atoms with Crippen LogP contribution in [0.15, 0.2) is 30.5 Å². The first kappa shape index (κ1) is 10.7. The molecule has 16 heavy (non-hydrogen) atoms. The molecule has 0 fully saturated rings. The number of aromatic amines is 1. The molecule has 3 heteroatoms. The summed E-state index contributed by atoms with van der Waals surface area (Å²) in [7, 11) is 0. The minimum atomic E-state index is 0.212. The van der Waals surface area contributed by atoms with Crippen LogP contribution in [0.3, 0.4) is 0 Å². The van der Waals surface area contributed by atoms with E-state index in [1.807, 2.05) is 30.5 Å². The van der Waals surface area contributed by atoms with E-state index in [-0.39, 0.29) is 6.10 Å². The number of nitrogens with zero attached hydrogens (tertiary/aromatic N) is 1. The summed E-state index contributed by atoms with van der Waals surface area (Å²) in [5.41, 5.74) is 1.86. The van der Waals surface area contributed by atoms with Crippen LogP contribution in [-0.4, -0.2) is 16.1 Å². The summed E-state index contributed by atoms with van der Waals surface area (Å²) >= 11 is 0. The Kier molecular flexibility index (Phi) is 3.25. The number of ether oxygens (including phenoxy) is 1. The predicted molar refractivity (Wildman–Crippen MR) is 63.2 cm³/mol. The molecule has 0 saturated heterocycles. The Bertz CT molecular complexity index is 437. The maximum atomic E-state index is 5.85. The second-order valence-electron chi connectivity index (χ2n) is 3.73. The molecule has 1 atom stereocenters. The van der Waals surface area contributed by atoms with Crippen LogP contribution < -0.4 is 4.74 Å². The number of para-hydroxylation sites is 1. The fourth-order valence-corrected chi connectivity index (χ4v) is 1.44. The van der Waals surface area contributed by atoms with E-state index in [2.05, 4.69) is 30.1 Å². The summed E-state index contributed by atoms with van der Waals surface area (Å²) < 4.78 is 5.85. The number of imidazole rings is 1. The zero-order valence-electron chi connectivity index (χ0n) is 9.53. The summed E-state index contributed by atoms with van der Waals surface area (Å²) in [5.74, 6) is 0.873. The molecule has 1 heterocycles. The molecule has 0 spiro atoms. The van der Waals surface area contributed by atoms with Gasteiger partial charge in [0.05, 0.1) is 11.8 Å². The predicted octanol–water partition coefficient (Wildman–Crippen LogP) is 3.05. The topological polar surface area (TPSA) is 37.9 Å². The fourth-order valence-electron chi connectivity index (χ4n) is 1.44. The monoisotopic (exact) mass is 215 g/mol. The van der Waals surface area contributed by atoms with Crippen molar-refractivity contribution in [3.63, 3.8) is 0 Å². The third-order valence-corrected chi connectivity index (χ3v) is 2.52. The molecule has 0 amide bonds. The van der Waals surface area contributed by atoms with Crippen LogP contribution in [-0.2, 0) is 0 Å². The molecular formula is C13H15N2O. The minimum Gasteiger partial charge on any atom is -0.490 e. The summed E-state index contributed by atoms with van der Waals surface area (Å²) in [5, 5.41) is 0. The second kappa shape index (κ2) is 4.84. The van der Waals surface area contributed by atoms with Crippen molar-refractivity contribution in [1.82, 2.24) is 9.97 Å². The van der Waals surface area contributed by atoms with E-state index in [4.69, 9.17) is 4.74 Å². The van der Waals surface area contributed by atoms with Gasteiger partial charge >= 0.3 is 0 Å². The first-order chi connectivity index (χ1) is 7.81. The van der Waals surface area contributed by atoms with E-state index in [9.17, 15) is 0 Å². The Morgan fingerprint density at radius 2 is 2.25 bits per heavy atom. The van der Waals surface area contributed by atoms with E-state index < -0.39 is 0 Å². The molecule has 83 valence electrons. The van der Waals surface area contributed by atoms with Gasteiger partial charge in [-0.1, -0.05) is 19.1 Å². The van der Waals surface area contributed by atoms with Gasteiger partial charge in [-0.05, 0) is 25.5 Å². The molecular weight excluding hydrogens is 200 g/mol. The van der Waals surface area contributed by atoms with E-state index >= 15 is 0 Å². The Balaban J connectivity index is 2.31. The zero-order valence-corrected chi connectivity index (χ0v) is 9.53. The number of benzene rings is 1. The normalized spacial score (nSPS) is 12.4. The quantitative estimate of drug-likeness (QED) is 0.851. The molecule has 2 rings (SSSR count). The average molecular weight is 215 g/mol. The van der Waals surface area contributed by atoms with Crippen molar-refractivity contribution in [3.05, 3.63) is 36.8 Å². The highest BCUT2D eigenvalue weighted by molar-refractivity contribution is 5.66. The van der Waals surface area contributed by atoms with Gasteiger partial charge in [0, 0.05) is 11.8 Å². The lowest BCUT2D eigenvalue weighted by atomic mass is 10.1. The minimum absolute atomic E-state index is 0.212. The van der Waals surface area contributed by atoms with Crippen molar-refractivity contribution in [3.8, 4) is 17.0 Å². The first-order valence-electron chi connectivity index (χ1n) is 5.48. The van der Waals surface area contributed by atoms with Crippen LogP contribution in [0.2, 0.25) is 0 Å². The Hall–Kier alpha value is -1.77. The van der Waals surface area contributed by atoms with Gasteiger partial charge in [-0.3, -0.25) is 0 Å². The molecule has 1 unspecified atom stereocenters. The number of H-pyrrole nitrogens is 1. The maximum Gasteiger partial charge on any atom is 0.174 e. The van der Waals surface area contributed by atoms with E-state index in [0.717, 1.165) is 23.4 Å². The van der Waals surface area contributed by atoms with E-state index in [0.29, 0.717) is 0 Å². The van der Waals surface area contributed by atoms with Crippen LogP contribution >= 0.6 is 0 Å². The van der Waals surface area contributed by atoms with Crippen molar-refractivity contribution in [1.29, 1.82) is 0 Å². The SMILES string of the molecule is CCC(C)Oc1ccccc1-c1c[nH][c]n1. The molecule has 1 N–H and O–H groups in total. The van der Waals surface area contributed by atoms with Gasteiger partial charge in [0.15, 0.2) is 6.33 Å². The summed E-state index contributed by atoms with van der Waals surface area (Å²) in [6.07, 6.45) is 5.71. The third kappa shape index (κ3) is 2.24. The number of hydrogen-bond donors (Lipinski definition) is 1. The summed E-state index contributed by atoms with van der Waals surface area (Å²) in [6.45, 7) is 4.17. The van der Waals surface area contributed by atoms with Gasteiger partial charge in [-0.25, -0.2) is 4.98 Å². The number of nitrogens with one attached hydrogen (secondary N) is 1. The lowest BCUT2D eigenvalue weighted by Gasteiger charge is -2.15. The first-order valence-corrected chi connectivity index (χ1v) is 5.48. The van der Waals surface area contributed by atoms with Crippen LogP contribution in [0.4, 0.5) is 0 Å². The Morgan fingerprint density at radius 3 is 2.94 bits per heavy atom. The highest BCUT2D eigenvalue weighted by Gasteiger charge is 2.09. The van der Waals surface area contributed by atoms with Gasteiger partial charge in [-0.15, -0.1) is 0 Å². The molecule has 1 aromatic carbocycles. The Morgan fingerprint density at radius 1 is 1.44 bits per heavy atom. The molecule has 2 aromatic rings. The molecule has 0 bridgehead atoms. The van der Waals surface area contributed by atoms with Crippen molar-refractivity contribution < 1.29 is 4.74 Å². The largest absolute Gasteiger partial charge is 0.490 e. The van der Waals surface area contributed by atoms with Gasteiger partial charge < -0.3 is 9.72 Å². The van der Waals surface area contributed by atoms with Gasteiger partial charge in [-0.2, -0.15) is 0 Å². The van der Waals surface area contributed by atoms with Crippen LogP contribution in [0, 0.1) is 6.33 Å². The summed E-state index contributed by atoms with van der Waals surface area (Å²) in [4.78, 5) is 6.95. The van der Waals surface area contributed by atoms with Crippen molar-refractivity contribution >= 4 is 0 Å². The van der Waals surface area contributed by atoms with Crippen molar-refractivity contribution in [2.24, 2.45) is 0 Å². The molecule has 1 radical (unpaired) electrons. The van der Waals surface area contributed by atoms with Crippen molar-refractivity contribution in [2.45, 2.75) is 26.4 Å². The number of aromatic nitrogens is 2. The van der Waals surface area contributed by atoms with Gasteiger partial charge in [0.2, 0.25) is 0 Å². The fraction of sp³-hybridized carbons (Fsp3) is 0.308. The number of hydrogen-bond acceptors (Lipinski definition) is 2. The van der Waals surface area contributed by atoms with Crippen LogP contribution in [0.1, 0.15) is 20.3 Å². The van der Waals surface area contributed by atoms with E-state index in [1.165, 1.54) is 0 Å². The third-order valence-electron chi connectivity index (χ3n) is 2.52. The average Bonchev–Trinajstić information content (AvgIpc) is 2.83. The molecule has 0 aliphatic rings. The standard InChI is InChI=1S/C13H15N2O/c1-3-10(2)16-13-7-5-4-6-11(13)12-8-14-9-15-12/h4-8,10H,3H2,1-2H3,(H,14,15). The number of rotatable bonds is 4. The van der Waals surface area contributed by atoms with Gasteiger partial charge in [0.1, 0.15) is 5.75 Å². The maximum absolute atomic E-state index is 5.85. The molecule has 3 nitrogen and oxygen atoms in total. The second-order valence-corrected chi connectivity index (χ2v) is 3.73. The highest BCUT2D eigenvalue weighted by atomic mass is 16.5. The van der Waals surface area contributed by atoms with Crippen molar-refractivity contribution in [2.75, 3.05) is 0 Å².